The predicted octanol–water partition coefficient (Wildman–Crippen LogP) is 2.58. The summed E-state index contributed by atoms with van der Waals surface area (Å²) in [6.07, 6.45) is 0. The van der Waals surface area contributed by atoms with Crippen molar-refractivity contribution in [2.24, 2.45) is 0 Å². The van der Waals surface area contributed by atoms with Crippen LogP contribution in [0.25, 0.3) is 0 Å². The van der Waals surface area contributed by atoms with Gasteiger partial charge in [0.1, 0.15) is 0 Å². The van der Waals surface area contributed by atoms with Gasteiger partial charge in [-0.3, -0.25) is 9.59 Å². The van der Waals surface area contributed by atoms with E-state index in [0.29, 0.717) is 0 Å². The van der Waals surface area contributed by atoms with Gasteiger partial charge in [-0.25, -0.2) is 0 Å². The van der Waals surface area contributed by atoms with Crippen molar-refractivity contribution in [1.82, 2.24) is 5.32 Å². The highest BCUT2D eigenvalue weighted by molar-refractivity contribution is 7.10. The Morgan fingerprint density at radius 2 is 2.21 bits per heavy atom. The predicted molar refractivity (Wildman–Crippen MR) is 75.3 cm³/mol. The molecule has 0 aromatic carbocycles. The number of thiophene rings is 2. The number of hydrogen-bond acceptors (Lipinski definition) is 5. The summed E-state index contributed by atoms with van der Waals surface area (Å²) in [6.45, 7) is 1.03. The van der Waals surface area contributed by atoms with Crippen molar-refractivity contribution in [3.8, 4) is 0 Å². The first-order valence-electron chi connectivity index (χ1n) is 5.65. The molecule has 2 aromatic heterocycles. The van der Waals surface area contributed by atoms with E-state index in [1.54, 1.807) is 22.7 Å². The van der Waals surface area contributed by atoms with Crippen LogP contribution >= 0.6 is 22.7 Å². The number of carbonyl (C=O) groups excluding carboxylic acids is 2. The van der Waals surface area contributed by atoms with E-state index in [1.165, 1.54) is 6.92 Å². The maximum absolute atomic E-state index is 11.8. The van der Waals surface area contributed by atoms with Gasteiger partial charge in [0.2, 0.25) is 0 Å². The molecule has 19 heavy (non-hydrogen) atoms. The van der Waals surface area contributed by atoms with Gasteiger partial charge < -0.3 is 10.1 Å². The second-order valence-corrected chi connectivity index (χ2v) is 5.61. The van der Waals surface area contributed by atoms with E-state index >= 15 is 0 Å². The fourth-order valence-electron chi connectivity index (χ4n) is 1.58. The van der Waals surface area contributed by atoms with E-state index in [2.05, 4.69) is 5.32 Å². The molecule has 2 aromatic rings. The molecule has 6 heteroatoms. The maximum atomic E-state index is 11.8. The van der Waals surface area contributed by atoms with Crippen LogP contribution in [-0.2, 0) is 14.3 Å². The van der Waals surface area contributed by atoms with Crippen LogP contribution in [0.2, 0.25) is 0 Å². The van der Waals surface area contributed by atoms with Crippen LogP contribution in [0.4, 0.5) is 0 Å². The van der Waals surface area contributed by atoms with E-state index in [1.807, 2.05) is 34.3 Å². The van der Waals surface area contributed by atoms with Gasteiger partial charge >= 0.3 is 5.97 Å². The van der Waals surface area contributed by atoms with Crippen LogP contribution in [-0.4, -0.2) is 18.5 Å². The van der Waals surface area contributed by atoms with Crippen molar-refractivity contribution < 1.29 is 14.3 Å². The standard InChI is InChI=1S/C13H13NO3S2/c1-9(15)17-7-12(16)14-13(10-4-6-18-8-10)11-3-2-5-19-11/h2-6,8,13H,7H2,1H3,(H,14,16)/t13-/m1/s1. The summed E-state index contributed by atoms with van der Waals surface area (Å²) in [5.41, 5.74) is 1.03. The number of rotatable bonds is 5. The van der Waals surface area contributed by atoms with E-state index in [4.69, 9.17) is 4.74 Å². The summed E-state index contributed by atoms with van der Waals surface area (Å²) in [5.74, 6) is -0.766. The number of carbonyl (C=O) groups is 2. The topological polar surface area (TPSA) is 55.4 Å². The first-order chi connectivity index (χ1) is 9.16. The van der Waals surface area contributed by atoms with Crippen molar-refractivity contribution in [3.05, 3.63) is 44.8 Å². The third-order valence-corrected chi connectivity index (χ3v) is 4.05. The average molecular weight is 295 g/mol. The van der Waals surface area contributed by atoms with E-state index in [0.717, 1.165) is 10.4 Å². The fraction of sp³-hybridized carbons (Fsp3) is 0.231. The second-order valence-electron chi connectivity index (χ2n) is 3.85. The van der Waals surface area contributed by atoms with Crippen LogP contribution in [0, 0.1) is 0 Å². The third kappa shape index (κ3) is 3.90. The van der Waals surface area contributed by atoms with Gasteiger partial charge in [0.15, 0.2) is 6.61 Å². The molecular weight excluding hydrogens is 282 g/mol. The molecule has 0 saturated heterocycles. The highest BCUT2D eigenvalue weighted by Gasteiger charge is 2.18. The van der Waals surface area contributed by atoms with Crippen LogP contribution in [0.5, 0.6) is 0 Å². The van der Waals surface area contributed by atoms with Gasteiger partial charge in [0.25, 0.3) is 5.91 Å². The Kier molecular flexibility index (Phi) is 4.70. The highest BCUT2D eigenvalue weighted by Crippen LogP contribution is 2.27. The molecule has 100 valence electrons. The second kappa shape index (κ2) is 6.49. The Morgan fingerprint density at radius 1 is 1.37 bits per heavy atom. The van der Waals surface area contributed by atoms with Crippen LogP contribution < -0.4 is 5.32 Å². The van der Waals surface area contributed by atoms with Gasteiger partial charge in [-0.1, -0.05) is 6.07 Å². The molecule has 0 radical (unpaired) electrons. The maximum Gasteiger partial charge on any atom is 0.303 e. The fourth-order valence-corrected chi connectivity index (χ4v) is 3.07. The van der Waals surface area contributed by atoms with E-state index in [9.17, 15) is 9.59 Å². The van der Waals surface area contributed by atoms with Crippen LogP contribution in [0.3, 0.4) is 0 Å². The lowest BCUT2D eigenvalue weighted by Crippen LogP contribution is -2.32. The lowest BCUT2D eigenvalue weighted by molar-refractivity contribution is -0.146. The molecule has 0 aliphatic carbocycles. The molecule has 0 aliphatic heterocycles. The van der Waals surface area contributed by atoms with Crippen molar-refractivity contribution >= 4 is 34.6 Å². The van der Waals surface area contributed by atoms with Crippen LogP contribution in [0.1, 0.15) is 23.4 Å². The van der Waals surface area contributed by atoms with Gasteiger partial charge in [-0.2, -0.15) is 11.3 Å². The molecule has 0 fully saturated rings. The Balaban J connectivity index is 2.07. The monoisotopic (exact) mass is 295 g/mol. The zero-order chi connectivity index (χ0) is 13.7. The van der Waals surface area contributed by atoms with Crippen molar-refractivity contribution in [3.63, 3.8) is 0 Å². The molecule has 0 saturated carbocycles. The van der Waals surface area contributed by atoms with Gasteiger partial charge in [0, 0.05) is 11.8 Å². The van der Waals surface area contributed by atoms with Crippen molar-refractivity contribution in [1.29, 1.82) is 0 Å². The quantitative estimate of drug-likeness (QED) is 0.863. The number of amides is 1. The van der Waals surface area contributed by atoms with E-state index < -0.39 is 5.97 Å². The molecule has 1 atom stereocenters. The first-order valence-corrected chi connectivity index (χ1v) is 7.47. The van der Waals surface area contributed by atoms with Gasteiger partial charge in [-0.05, 0) is 33.8 Å². The smallest absolute Gasteiger partial charge is 0.303 e. The molecule has 0 unspecified atom stereocenters. The molecule has 2 rings (SSSR count). The summed E-state index contributed by atoms with van der Waals surface area (Å²) in [5, 5.41) is 8.81. The molecule has 0 bridgehead atoms. The summed E-state index contributed by atoms with van der Waals surface area (Å²) in [7, 11) is 0. The molecule has 2 heterocycles. The van der Waals surface area contributed by atoms with Gasteiger partial charge in [-0.15, -0.1) is 11.3 Å². The Labute approximate surface area is 119 Å². The number of esters is 1. The van der Waals surface area contributed by atoms with Crippen LogP contribution in [0.15, 0.2) is 34.3 Å². The highest BCUT2D eigenvalue weighted by atomic mass is 32.1. The largest absolute Gasteiger partial charge is 0.456 e. The summed E-state index contributed by atoms with van der Waals surface area (Å²) < 4.78 is 4.69. The zero-order valence-electron chi connectivity index (χ0n) is 10.3. The number of nitrogens with one attached hydrogen (secondary N) is 1. The van der Waals surface area contributed by atoms with Crippen molar-refractivity contribution in [2.75, 3.05) is 6.61 Å². The summed E-state index contributed by atoms with van der Waals surface area (Å²) in [6, 6.07) is 5.70. The van der Waals surface area contributed by atoms with Gasteiger partial charge in [0.05, 0.1) is 6.04 Å². The Morgan fingerprint density at radius 3 is 2.79 bits per heavy atom. The molecule has 4 nitrogen and oxygen atoms in total. The molecule has 0 aliphatic rings. The zero-order valence-corrected chi connectivity index (χ0v) is 11.9. The first kappa shape index (κ1) is 13.8. The molecule has 1 N–H and O–H groups in total. The molecule has 1 amide bonds. The summed E-state index contributed by atoms with van der Waals surface area (Å²) in [4.78, 5) is 23.5. The summed E-state index contributed by atoms with van der Waals surface area (Å²) >= 11 is 3.16. The molecular formula is C13H13NO3S2. The Hall–Kier alpha value is -1.66. The SMILES string of the molecule is CC(=O)OCC(=O)N[C@H](c1ccsc1)c1cccs1. The lowest BCUT2D eigenvalue weighted by atomic mass is 10.1. The van der Waals surface area contributed by atoms with E-state index in [-0.39, 0.29) is 18.6 Å². The minimum atomic E-state index is -0.460. The number of hydrogen-bond donors (Lipinski definition) is 1. The number of ether oxygens (including phenoxy) is 1. The third-order valence-electron chi connectivity index (χ3n) is 2.42. The lowest BCUT2D eigenvalue weighted by Gasteiger charge is -2.16. The minimum absolute atomic E-state index is 0.186. The van der Waals surface area contributed by atoms with Crippen molar-refractivity contribution in [2.45, 2.75) is 13.0 Å². The minimum Gasteiger partial charge on any atom is -0.456 e. The Bertz CT molecular complexity index is 500. The normalized spacial score (nSPS) is 11.8. The average Bonchev–Trinajstić information content (AvgIpc) is 3.05. The molecule has 0 spiro atoms.